The van der Waals surface area contributed by atoms with Crippen molar-refractivity contribution in [2.75, 3.05) is 13.2 Å². The van der Waals surface area contributed by atoms with Gasteiger partial charge in [-0.25, -0.2) is 0 Å². The highest BCUT2D eigenvalue weighted by Gasteiger charge is 2.10. The van der Waals surface area contributed by atoms with Crippen molar-refractivity contribution in [2.45, 2.75) is 38.5 Å². The minimum atomic E-state index is -0.488. The highest BCUT2D eigenvalue weighted by molar-refractivity contribution is 5.16. The summed E-state index contributed by atoms with van der Waals surface area (Å²) in [5.74, 6) is 0. The lowest BCUT2D eigenvalue weighted by Crippen LogP contribution is -2.35. The van der Waals surface area contributed by atoms with Gasteiger partial charge in [0.05, 0.1) is 18.8 Å². The highest BCUT2D eigenvalue weighted by Crippen LogP contribution is 2.15. The van der Waals surface area contributed by atoms with Crippen molar-refractivity contribution < 1.29 is 9.84 Å². The Morgan fingerprint density at radius 3 is 2.63 bits per heavy atom. The van der Waals surface area contributed by atoms with E-state index in [1.54, 1.807) is 0 Å². The Hall–Kier alpha value is -1.16. The lowest BCUT2D eigenvalue weighted by molar-refractivity contribution is -0.00270. The number of aliphatic hydroxyl groups is 1. The monoisotopic (exact) mass is 263 g/mol. The van der Waals surface area contributed by atoms with Crippen molar-refractivity contribution in [1.29, 1.82) is 0 Å². The van der Waals surface area contributed by atoms with E-state index in [4.69, 9.17) is 4.74 Å². The van der Waals surface area contributed by atoms with Gasteiger partial charge in [-0.1, -0.05) is 36.4 Å². The summed E-state index contributed by atoms with van der Waals surface area (Å²) < 4.78 is 5.67. The first kappa shape index (κ1) is 15.9. The van der Waals surface area contributed by atoms with Gasteiger partial charge >= 0.3 is 0 Å². The van der Waals surface area contributed by atoms with E-state index in [1.807, 2.05) is 43.3 Å². The first-order valence-corrected chi connectivity index (χ1v) is 6.82. The number of ether oxygens (including phenoxy) is 1. The molecule has 0 aliphatic carbocycles. The predicted molar refractivity (Wildman–Crippen MR) is 79.1 cm³/mol. The topological polar surface area (TPSA) is 41.5 Å². The van der Waals surface area contributed by atoms with Gasteiger partial charge in [0.25, 0.3) is 0 Å². The Morgan fingerprint density at radius 2 is 2.00 bits per heavy atom. The van der Waals surface area contributed by atoms with Crippen LogP contribution in [0.3, 0.4) is 0 Å². The average molecular weight is 263 g/mol. The molecule has 0 spiro atoms. The van der Waals surface area contributed by atoms with Crippen LogP contribution in [0.15, 0.2) is 43.0 Å². The fourth-order valence-corrected chi connectivity index (χ4v) is 1.81. The molecule has 3 atom stereocenters. The molecule has 0 aliphatic heterocycles. The maximum Gasteiger partial charge on any atom is 0.0898 e. The Kier molecular flexibility index (Phi) is 7.41. The number of aliphatic hydroxyl groups excluding tert-OH is 1. The molecule has 0 radical (unpaired) electrons. The zero-order valence-corrected chi connectivity index (χ0v) is 11.9. The van der Waals surface area contributed by atoms with Crippen molar-refractivity contribution in [1.82, 2.24) is 5.32 Å². The number of nitrogens with one attached hydrogen (secondary N) is 1. The summed E-state index contributed by atoms with van der Waals surface area (Å²) in [6.45, 7) is 8.64. The molecule has 0 saturated heterocycles. The molecule has 0 bridgehead atoms. The third-order valence-corrected chi connectivity index (χ3v) is 3.03. The van der Waals surface area contributed by atoms with E-state index in [1.165, 1.54) is 0 Å². The fraction of sp³-hybridized carbons (Fsp3) is 0.500. The van der Waals surface area contributed by atoms with Crippen molar-refractivity contribution in [3.05, 3.63) is 48.6 Å². The maximum atomic E-state index is 9.85. The molecule has 1 aromatic carbocycles. The zero-order valence-electron chi connectivity index (χ0n) is 11.9. The van der Waals surface area contributed by atoms with Gasteiger partial charge in [-0.3, -0.25) is 0 Å². The molecule has 3 heteroatoms. The van der Waals surface area contributed by atoms with E-state index in [9.17, 15) is 5.11 Å². The smallest absolute Gasteiger partial charge is 0.0898 e. The van der Waals surface area contributed by atoms with Crippen molar-refractivity contribution in [3.8, 4) is 0 Å². The molecule has 0 aromatic heterocycles. The van der Waals surface area contributed by atoms with E-state index >= 15 is 0 Å². The van der Waals surface area contributed by atoms with Crippen LogP contribution in [0.2, 0.25) is 0 Å². The molecular formula is C16H25NO2. The van der Waals surface area contributed by atoms with Crippen LogP contribution >= 0.6 is 0 Å². The SMILES string of the molecule is C=CCC(C)NCC(O)COC(C)c1ccccc1. The molecule has 0 saturated carbocycles. The van der Waals surface area contributed by atoms with Gasteiger partial charge < -0.3 is 15.2 Å². The maximum absolute atomic E-state index is 9.85. The highest BCUT2D eigenvalue weighted by atomic mass is 16.5. The average Bonchev–Trinajstić information content (AvgIpc) is 2.44. The number of benzene rings is 1. The van der Waals surface area contributed by atoms with E-state index in [2.05, 4.69) is 18.8 Å². The summed E-state index contributed by atoms with van der Waals surface area (Å²) in [5, 5.41) is 13.1. The van der Waals surface area contributed by atoms with Crippen molar-refractivity contribution >= 4 is 0 Å². The molecule has 2 N–H and O–H groups in total. The molecule has 19 heavy (non-hydrogen) atoms. The lowest BCUT2D eigenvalue weighted by Gasteiger charge is -2.19. The first-order valence-electron chi connectivity index (χ1n) is 6.82. The first-order chi connectivity index (χ1) is 9.13. The number of rotatable bonds is 9. The van der Waals surface area contributed by atoms with E-state index < -0.39 is 6.10 Å². The quantitative estimate of drug-likeness (QED) is 0.673. The molecule has 3 nitrogen and oxygen atoms in total. The van der Waals surface area contributed by atoms with Crippen LogP contribution in [-0.4, -0.2) is 30.4 Å². The summed E-state index contributed by atoms with van der Waals surface area (Å²) in [4.78, 5) is 0. The Balaban J connectivity index is 2.22. The van der Waals surface area contributed by atoms with Crippen molar-refractivity contribution in [3.63, 3.8) is 0 Å². The third-order valence-electron chi connectivity index (χ3n) is 3.03. The second-order valence-corrected chi connectivity index (χ2v) is 4.87. The molecule has 0 fully saturated rings. The molecule has 1 aromatic rings. The second kappa shape index (κ2) is 8.86. The molecule has 0 aliphatic rings. The summed E-state index contributed by atoms with van der Waals surface area (Å²) in [6, 6.07) is 10.4. The Labute approximate surface area is 116 Å². The van der Waals surface area contributed by atoms with Gasteiger partial charge in [0.2, 0.25) is 0 Å². The summed E-state index contributed by atoms with van der Waals surface area (Å²) in [6.07, 6.45) is 2.28. The van der Waals surface area contributed by atoms with Crippen LogP contribution in [0, 0.1) is 0 Å². The van der Waals surface area contributed by atoms with Crippen LogP contribution in [0.25, 0.3) is 0 Å². The van der Waals surface area contributed by atoms with Gasteiger partial charge in [0.1, 0.15) is 0 Å². The minimum Gasteiger partial charge on any atom is -0.389 e. The van der Waals surface area contributed by atoms with E-state index in [-0.39, 0.29) is 6.10 Å². The lowest BCUT2D eigenvalue weighted by atomic mass is 10.1. The van der Waals surface area contributed by atoms with Gasteiger partial charge in [0.15, 0.2) is 0 Å². The standard InChI is InChI=1S/C16H25NO2/c1-4-8-13(2)17-11-16(18)12-19-14(3)15-9-6-5-7-10-15/h4-7,9-10,13-14,16-18H,1,8,11-12H2,2-3H3. The zero-order chi connectivity index (χ0) is 14.1. The molecule has 3 unspecified atom stereocenters. The van der Waals surface area contributed by atoms with Gasteiger partial charge in [-0.05, 0) is 25.8 Å². The fourth-order valence-electron chi connectivity index (χ4n) is 1.81. The summed E-state index contributed by atoms with van der Waals surface area (Å²) in [5.41, 5.74) is 1.13. The molecule has 1 rings (SSSR count). The van der Waals surface area contributed by atoms with Crippen LogP contribution in [0.5, 0.6) is 0 Å². The van der Waals surface area contributed by atoms with Crippen LogP contribution in [-0.2, 0) is 4.74 Å². The van der Waals surface area contributed by atoms with Gasteiger partial charge in [-0.15, -0.1) is 6.58 Å². The second-order valence-electron chi connectivity index (χ2n) is 4.87. The Bertz CT molecular complexity index is 353. The molecule has 0 amide bonds. The van der Waals surface area contributed by atoms with E-state index in [0.29, 0.717) is 19.2 Å². The predicted octanol–water partition coefficient (Wildman–Crippen LogP) is 2.68. The van der Waals surface area contributed by atoms with Gasteiger partial charge in [-0.2, -0.15) is 0 Å². The third kappa shape index (κ3) is 6.53. The normalized spacial score (nSPS) is 15.7. The van der Waals surface area contributed by atoms with E-state index in [0.717, 1.165) is 12.0 Å². The molecule has 0 heterocycles. The van der Waals surface area contributed by atoms with Crippen LogP contribution in [0.1, 0.15) is 31.9 Å². The summed E-state index contributed by atoms with van der Waals surface area (Å²) >= 11 is 0. The number of hydrogen-bond donors (Lipinski definition) is 2. The molecule has 106 valence electrons. The van der Waals surface area contributed by atoms with Crippen LogP contribution < -0.4 is 5.32 Å². The molecular weight excluding hydrogens is 238 g/mol. The minimum absolute atomic E-state index is 0.00134. The van der Waals surface area contributed by atoms with Crippen molar-refractivity contribution in [2.24, 2.45) is 0 Å². The van der Waals surface area contributed by atoms with Gasteiger partial charge in [0, 0.05) is 12.6 Å². The summed E-state index contributed by atoms with van der Waals surface area (Å²) in [7, 11) is 0. The number of hydrogen-bond acceptors (Lipinski definition) is 3. The van der Waals surface area contributed by atoms with Crippen LogP contribution in [0.4, 0.5) is 0 Å². The Morgan fingerprint density at radius 1 is 1.32 bits per heavy atom. The largest absolute Gasteiger partial charge is 0.389 e.